The molecule has 0 N–H and O–H groups in total. The number of amides is 4. The second-order valence-electron chi connectivity index (χ2n) is 13.4. The quantitative estimate of drug-likeness (QED) is 0.434. The van der Waals surface area contributed by atoms with Crippen LogP contribution in [-0.2, 0) is 14.3 Å². The van der Waals surface area contributed by atoms with E-state index in [1.807, 2.05) is 33.8 Å². The van der Waals surface area contributed by atoms with Crippen LogP contribution in [0.1, 0.15) is 75.6 Å². The van der Waals surface area contributed by atoms with Gasteiger partial charge in [0.2, 0.25) is 0 Å². The second kappa shape index (κ2) is 13.2. The van der Waals surface area contributed by atoms with Gasteiger partial charge in [-0.3, -0.25) is 19.2 Å². The minimum Gasteiger partial charge on any atom is -0.442 e. The highest BCUT2D eigenvalue weighted by molar-refractivity contribution is 6.04. The summed E-state index contributed by atoms with van der Waals surface area (Å²) in [5, 5.41) is 2.33. The molecule has 236 valence electrons. The van der Waals surface area contributed by atoms with Gasteiger partial charge < -0.3 is 14.5 Å². The molecular weight excluding hydrogens is 560 g/mol. The SMILES string of the molecule is CC(C)C[C@@H](C(=O)N1[C@@H]2C(=O)CN(C(=O)c3ccccc3)[C@@H]2CN1C(=O)OC(C)(C)C)N(CC(C)C)C(=O)c1ccccc1. The number of carbonyl (C=O) groups is 5. The van der Waals surface area contributed by atoms with Gasteiger partial charge in [0.1, 0.15) is 17.7 Å². The molecule has 44 heavy (non-hydrogen) atoms. The summed E-state index contributed by atoms with van der Waals surface area (Å²) >= 11 is 0. The standard InChI is InChI=1S/C34H44N4O6/c1-22(2)18-26(35(19-23(3)4)30(40)24-14-10-8-11-15-24)32(42)38-29-27(20-37(38)33(43)44-34(5,6)7)36(21-28(29)39)31(41)25-16-12-9-13-17-25/h8-17,22-23,26-27,29H,18-21H2,1-7H3/t26-,27+,29-/m0/s1. The van der Waals surface area contributed by atoms with Crippen molar-refractivity contribution in [3.05, 3.63) is 71.8 Å². The van der Waals surface area contributed by atoms with Gasteiger partial charge in [0, 0.05) is 17.7 Å². The van der Waals surface area contributed by atoms with Crippen LogP contribution in [0.2, 0.25) is 0 Å². The Morgan fingerprint density at radius 1 is 0.886 bits per heavy atom. The first-order chi connectivity index (χ1) is 20.7. The summed E-state index contributed by atoms with van der Waals surface area (Å²) in [7, 11) is 0. The minimum absolute atomic E-state index is 0.00555. The molecule has 0 aliphatic carbocycles. The molecule has 2 heterocycles. The van der Waals surface area contributed by atoms with Crippen LogP contribution in [0, 0.1) is 11.8 Å². The number of likely N-dealkylation sites (tertiary alicyclic amines) is 1. The second-order valence-corrected chi connectivity index (χ2v) is 13.4. The molecule has 3 atom stereocenters. The summed E-state index contributed by atoms with van der Waals surface area (Å²) in [6.07, 6.45) is -0.491. The van der Waals surface area contributed by atoms with E-state index >= 15 is 0 Å². The minimum atomic E-state index is -1.09. The zero-order chi connectivity index (χ0) is 32.3. The first-order valence-corrected chi connectivity index (χ1v) is 15.3. The summed E-state index contributed by atoms with van der Waals surface area (Å²) in [6, 6.07) is 14.5. The molecule has 2 aliphatic rings. The molecule has 10 nitrogen and oxygen atoms in total. The van der Waals surface area contributed by atoms with E-state index in [1.165, 1.54) is 9.91 Å². The lowest BCUT2D eigenvalue weighted by Crippen LogP contribution is -2.59. The third-order valence-corrected chi connectivity index (χ3v) is 7.62. The molecule has 2 aliphatic heterocycles. The number of hydrogen-bond acceptors (Lipinski definition) is 6. The monoisotopic (exact) mass is 604 g/mol. The highest BCUT2D eigenvalue weighted by Crippen LogP contribution is 2.34. The molecule has 2 saturated heterocycles. The number of carbonyl (C=O) groups excluding carboxylic acids is 5. The van der Waals surface area contributed by atoms with Gasteiger partial charge in [0.25, 0.3) is 17.7 Å². The van der Waals surface area contributed by atoms with E-state index in [4.69, 9.17) is 4.74 Å². The van der Waals surface area contributed by atoms with Gasteiger partial charge in [-0.25, -0.2) is 14.8 Å². The highest BCUT2D eigenvalue weighted by Gasteiger charge is 2.58. The average molecular weight is 605 g/mol. The van der Waals surface area contributed by atoms with Gasteiger partial charge in [0.15, 0.2) is 5.78 Å². The van der Waals surface area contributed by atoms with Crippen LogP contribution >= 0.6 is 0 Å². The molecule has 0 radical (unpaired) electrons. The maximum Gasteiger partial charge on any atom is 0.429 e. The summed E-state index contributed by atoms with van der Waals surface area (Å²) < 4.78 is 5.68. The molecular formula is C34H44N4O6. The number of ketones is 1. The van der Waals surface area contributed by atoms with E-state index in [2.05, 4.69) is 0 Å². The largest absolute Gasteiger partial charge is 0.442 e. The van der Waals surface area contributed by atoms with Crippen molar-refractivity contribution < 1.29 is 28.7 Å². The maximum atomic E-state index is 14.8. The Morgan fingerprint density at radius 3 is 1.98 bits per heavy atom. The van der Waals surface area contributed by atoms with E-state index in [-0.39, 0.29) is 49.1 Å². The van der Waals surface area contributed by atoms with Crippen LogP contribution in [0.3, 0.4) is 0 Å². The third kappa shape index (κ3) is 7.11. The predicted molar refractivity (Wildman–Crippen MR) is 165 cm³/mol. The van der Waals surface area contributed by atoms with E-state index < -0.39 is 35.7 Å². The van der Waals surface area contributed by atoms with Crippen LogP contribution < -0.4 is 0 Å². The first kappa shape index (κ1) is 32.7. The van der Waals surface area contributed by atoms with E-state index in [9.17, 15) is 24.0 Å². The number of rotatable bonds is 8. The van der Waals surface area contributed by atoms with Crippen LogP contribution in [0.5, 0.6) is 0 Å². The summed E-state index contributed by atoms with van der Waals surface area (Å²) in [5.41, 5.74) is -0.0319. The lowest BCUT2D eigenvalue weighted by Gasteiger charge is -2.39. The number of nitrogens with zero attached hydrogens (tertiary/aromatic N) is 4. The Labute approximate surface area is 259 Å². The van der Waals surface area contributed by atoms with Crippen molar-refractivity contribution in [1.82, 2.24) is 19.8 Å². The molecule has 0 unspecified atom stereocenters. The van der Waals surface area contributed by atoms with E-state index in [0.29, 0.717) is 17.5 Å². The van der Waals surface area contributed by atoms with Gasteiger partial charge >= 0.3 is 6.09 Å². The molecule has 4 rings (SSSR count). The number of benzene rings is 2. The Balaban J connectivity index is 1.78. The van der Waals surface area contributed by atoms with Crippen molar-refractivity contribution in [3.8, 4) is 0 Å². The molecule has 0 spiro atoms. The zero-order valence-electron chi connectivity index (χ0n) is 26.7. The van der Waals surface area contributed by atoms with Crippen LogP contribution in [0.4, 0.5) is 4.79 Å². The lowest BCUT2D eigenvalue weighted by atomic mass is 9.98. The fourth-order valence-electron chi connectivity index (χ4n) is 5.83. The number of hydrazine groups is 1. The Morgan fingerprint density at radius 2 is 1.45 bits per heavy atom. The van der Waals surface area contributed by atoms with Gasteiger partial charge in [0.05, 0.1) is 19.1 Å². The van der Waals surface area contributed by atoms with Crippen LogP contribution in [-0.4, -0.2) is 92.8 Å². The van der Waals surface area contributed by atoms with Crippen LogP contribution in [0.15, 0.2) is 60.7 Å². The Kier molecular flexibility index (Phi) is 9.81. The average Bonchev–Trinajstić information content (AvgIpc) is 3.51. The highest BCUT2D eigenvalue weighted by atomic mass is 16.6. The van der Waals surface area contributed by atoms with Crippen molar-refractivity contribution in [2.45, 2.75) is 78.6 Å². The van der Waals surface area contributed by atoms with Crippen molar-refractivity contribution in [1.29, 1.82) is 0 Å². The van der Waals surface area contributed by atoms with Crippen molar-refractivity contribution >= 4 is 29.6 Å². The number of fused-ring (bicyclic) bond motifs is 1. The normalized spacial score (nSPS) is 18.9. The Hall–Kier alpha value is -4.21. The van der Waals surface area contributed by atoms with Gasteiger partial charge in [-0.2, -0.15) is 0 Å². The fourth-order valence-corrected chi connectivity index (χ4v) is 5.83. The summed E-state index contributed by atoms with van der Waals surface area (Å²) in [6.45, 7) is 13.0. The lowest BCUT2D eigenvalue weighted by molar-refractivity contribution is -0.155. The van der Waals surface area contributed by atoms with Crippen LogP contribution in [0.25, 0.3) is 0 Å². The van der Waals surface area contributed by atoms with Gasteiger partial charge in [-0.15, -0.1) is 0 Å². The molecule has 0 aromatic heterocycles. The summed E-state index contributed by atoms with van der Waals surface area (Å²) in [5.74, 6) is -1.53. The molecule has 0 saturated carbocycles. The third-order valence-electron chi connectivity index (χ3n) is 7.62. The number of Topliss-reactive ketones (excluding diaryl/α,β-unsaturated/α-hetero) is 1. The van der Waals surface area contributed by atoms with Crippen molar-refractivity contribution in [3.63, 3.8) is 0 Å². The van der Waals surface area contributed by atoms with Crippen molar-refractivity contribution in [2.24, 2.45) is 11.8 Å². The van der Waals surface area contributed by atoms with E-state index in [1.54, 1.807) is 80.3 Å². The molecule has 4 amide bonds. The maximum absolute atomic E-state index is 14.8. The fraction of sp³-hybridized carbons (Fsp3) is 0.500. The number of ether oxygens (including phenoxy) is 1. The molecule has 2 fully saturated rings. The molecule has 2 aromatic carbocycles. The topological polar surface area (TPSA) is 108 Å². The molecule has 2 aromatic rings. The number of hydrogen-bond donors (Lipinski definition) is 0. The molecule has 0 bridgehead atoms. The zero-order valence-corrected chi connectivity index (χ0v) is 26.7. The van der Waals surface area contributed by atoms with Gasteiger partial charge in [-0.1, -0.05) is 64.1 Å². The van der Waals surface area contributed by atoms with Crippen molar-refractivity contribution in [2.75, 3.05) is 19.6 Å². The summed E-state index contributed by atoms with van der Waals surface area (Å²) in [4.78, 5) is 72.6. The molecule has 10 heteroatoms. The smallest absolute Gasteiger partial charge is 0.429 e. The predicted octanol–water partition coefficient (Wildman–Crippen LogP) is 4.66. The van der Waals surface area contributed by atoms with Gasteiger partial charge in [-0.05, 0) is 63.3 Å². The van der Waals surface area contributed by atoms with E-state index in [0.717, 1.165) is 5.01 Å². The first-order valence-electron chi connectivity index (χ1n) is 15.3. The Bertz CT molecular complexity index is 1370.